The lowest BCUT2D eigenvalue weighted by molar-refractivity contribution is -0.166. The minimum Gasteiger partial charge on any atom is -0.497 e. The second-order valence-corrected chi connectivity index (χ2v) is 11.3. The van der Waals surface area contributed by atoms with Crippen molar-refractivity contribution in [1.29, 1.82) is 0 Å². The van der Waals surface area contributed by atoms with Crippen LogP contribution in [0.3, 0.4) is 0 Å². The van der Waals surface area contributed by atoms with Gasteiger partial charge in [-0.05, 0) is 95.0 Å². The molecule has 6 heteroatoms. The van der Waals surface area contributed by atoms with E-state index in [0.717, 1.165) is 56.3 Å². The SMILES string of the molecule is CCOC(=O)[C@@H](OC(C)(C)C)c1c(C)nc(C)c(-c2ccc(OCc3ccc(OC)cc3)cc2)c1-c1ccc(C)cc1. The van der Waals surface area contributed by atoms with E-state index in [1.807, 2.05) is 83.1 Å². The summed E-state index contributed by atoms with van der Waals surface area (Å²) >= 11 is 0. The number of methoxy groups -OCH3 is 1. The normalized spacial score (nSPS) is 12.1. The van der Waals surface area contributed by atoms with Crippen molar-refractivity contribution in [2.24, 2.45) is 0 Å². The Labute approximate surface area is 249 Å². The molecule has 0 fully saturated rings. The molecule has 220 valence electrons. The molecule has 0 spiro atoms. The van der Waals surface area contributed by atoms with E-state index in [9.17, 15) is 4.79 Å². The largest absolute Gasteiger partial charge is 0.497 e. The molecule has 1 aromatic heterocycles. The van der Waals surface area contributed by atoms with E-state index in [-0.39, 0.29) is 6.61 Å². The van der Waals surface area contributed by atoms with Gasteiger partial charge in [0, 0.05) is 22.5 Å². The summed E-state index contributed by atoms with van der Waals surface area (Å²) < 4.78 is 23.2. The number of rotatable bonds is 10. The molecule has 6 nitrogen and oxygen atoms in total. The zero-order valence-corrected chi connectivity index (χ0v) is 25.9. The van der Waals surface area contributed by atoms with E-state index in [2.05, 4.69) is 31.2 Å². The first-order chi connectivity index (χ1) is 20.0. The lowest BCUT2D eigenvalue weighted by atomic mass is 9.86. The van der Waals surface area contributed by atoms with Crippen LogP contribution in [0.1, 0.15) is 61.9 Å². The molecule has 3 aromatic carbocycles. The van der Waals surface area contributed by atoms with Crippen LogP contribution in [0.4, 0.5) is 0 Å². The summed E-state index contributed by atoms with van der Waals surface area (Å²) in [5.41, 5.74) is 7.70. The van der Waals surface area contributed by atoms with Gasteiger partial charge in [0.05, 0.1) is 19.3 Å². The van der Waals surface area contributed by atoms with E-state index in [4.69, 9.17) is 23.9 Å². The number of carbonyl (C=O) groups excluding carboxylic acids is 1. The van der Waals surface area contributed by atoms with Crippen molar-refractivity contribution < 1.29 is 23.7 Å². The fourth-order valence-electron chi connectivity index (χ4n) is 4.96. The monoisotopic (exact) mass is 567 g/mol. The van der Waals surface area contributed by atoms with E-state index in [0.29, 0.717) is 12.2 Å². The second-order valence-electron chi connectivity index (χ2n) is 11.3. The number of pyridine rings is 1. The summed E-state index contributed by atoms with van der Waals surface area (Å²) in [5.74, 6) is 1.14. The van der Waals surface area contributed by atoms with Crippen molar-refractivity contribution in [2.45, 2.75) is 66.8 Å². The molecule has 1 atom stereocenters. The maximum absolute atomic E-state index is 13.4. The minimum atomic E-state index is -0.944. The molecule has 0 bridgehead atoms. The van der Waals surface area contributed by atoms with E-state index >= 15 is 0 Å². The zero-order chi connectivity index (χ0) is 30.4. The third-order valence-corrected chi connectivity index (χ3v) is 6.89. The van der Waals surface area contributed by atoms with Gasteiger partial charge in [-0.15, -0.1) is 0 Å². The highest BCUT2D eigenvalue weighted by atomic mass is 16.6. The van der Waals surface area contributed by atoms with Crippen LogP contribution in [0.2, 0.25) is 0 Å². The molecule has 0 radical (unpaired) electrons. The summed E-state index contributed by atoms with van der Waals surface area (Å²) in [6.45, 7) is 14.3. The summed E-state index contributed by atoms with van der Waals surface area (Å²) in [5, 5.41) is 0. The minimum absolute atomic E-state index is 0.256. The smallest absolute Gasteiger partial charge is 0.340 e. The van der Waals surface area contributed by atoms with Crippen LogP contribution < -0.4 is 9.47 Å². The van der Waals surface area contributed by atoms with Crippen LogP contribution in [0, 0.1) is 20.8 Å². The molecule has 0 aliphatic rings. The summed E-state index contributed by atoms with van der Waals surface area (Å²) in [6.07, 6.45) is -0.944. The number of ether oxygens (including phenoxy) is 4. The topological polar surface area (TPSA) is 66.9 Å². The Morgan fingerprint density at radius 3 is 1.93 bits per heavy atom. The molecule has 0 saturated carbocycles. The van der Waals surface area contributed by atoms with Crippen molar-refractivity contribution in [3.8, 4) is 33.8 Å². The molecule has 4 aromatic rings. The zero-order valence-electron chi connectivity index (χ0n) is 25.9. The molecule has 0 saturated heterocycles. The quantitative estimate of drug-likeness (QED) is 0.179. The summed E-state index contributed by atoms with van der Waals surface area (Å²) in [6, 6.07) is 24.1. The third-order valence-electron chi connectivity index (χ3n) is 6.89. The van der Waals surface area contributed by atoms with Crippen LogP contribution in [-0.4, -0.2) is 30.3 Å². The number of carbonyl (C=O) groups is 1. The van der Waals surface area contributed by atoms with Crippen molar-refractivity contribution in [2.75, 3.05) is 13.7 Å². The van der Waals surface area contributed by atoms with Crippen LogP contribution in [-0.2, 0) is 20.9 Å². The highest BCUT2D eigenvalue weighted by molar-refractivity contribution is 5.91. The Balaban J connectivity index is 1.81. The maximum Gasteiger partial charge on any atom is 0.340 e. The van der Waals surface area contributed by atoms with Crippen molar-refractivity contribution in [3.05, 3.63) is 101 Å². The van der Waals surface area contributed by atoms with E-state index in [1.54, 1.807) is 14.0 Å². The first kappa shape index (κ1) is 30.8. The average Bonchev–Trinajstić information content (AvgIpc) is 2.95. The summed E-state index contributed by atoms with van der Waals surface area (Å²) in [7, 11) is 1.65. The van der Waals surface area contributed by atoms with Gasteiger partial charge in [-0.25, -0.2) is 4.79 Å². The molecular weight excluding hydrogens is 526 g/mol. The first-order valence-corrected chi connectivity index (χ1v) is 14.3. The highest BCUT2D eigenvalue weighted by Crippen LogP contribution is 2.43. The fraction of sp³-hybridized carbons (Fsp3) is 0.333. The van der Waals surface area contributed by atoms with Crippen molar-refractivity contribution in [1.82, 2.24) is 4.98 Å². The number of hydrogen-bond acceptors (Lipinski definition) is 6. The number of esters is 1. The molecule has 0 unspecified atom stereocenters. The first-order valence-electron chi connectivity index (χ1n) is 14.3. The van der Waals surface area contributed by atoms with Gasteiger partial charge < -0.3 is 18.9 Å². The van der Waals surface area contributed by atoms with E-state index in [1.165, 1.54) is 0 Å². The van der Waals surface area contributed by atoms with Gasteiger partial charge in [-0.3, -0.25) is 4.98 Å². The number of aromatic nitrogens is 1. The predicted octanol–water partition coefficient (Wildman–Crippen LogP) is 8.35. The third kappa shape index (κ3) is 7.37. The molecule has 0 aliphatic heterocycles. The Kier molecular flexibility index (Phi) is 9.69. The highest BCUT2D eigenvalue weighted by Gasteiger charge is 2.34. The van der Waals surface area contributed by atoms with Crippen molar-refractivity contribution in [3.63, 3.8) is 0 Å². The van der Waals surface area contributed by atoms with Gasteiger partial charge in [0.2, 0.25) is 0 Å². The average molecular weight is 568 g/mol. The molecule has 0 aliphatic carbocycles. The molecule has 42 heavy (non-hydrogen) atoms. The van der Waals surface area contributed by atoms with Crippen LogP contribution in [0.5, 0.6) is 11.5 Å². The lowest BCUT2D eigenvalue weighted by Gasteiger charge is -2.30. The van der Waals surface area contributed by atoms with Crippen LogP contribution in [0.15, 0.2) is 72.8 Å². The molecule has 4 rings (SSSR count). The number of benzene rings is 3. The fourth-order valence-corrected chi connectivity index (χ4v) is 4.96. The van der Waals surface area contributed by atoms with Gasteiger partial charge >= 0.3 is 5.97 Å². The molecular formula is C36H41NO5. The van der Waals surface area contributed by atoms with Gasteiger partial charge in [0.25, 0.3) is 0 Å². The molecule has 0 N–H and O–H groups in total. The Morgan fingerprint density at radius 1 is 0.786 bits per heavy atom. The van der Waals surface area contributed by atoms with Crippen LogP contribution >= 0.6 is 0 Å². The number of aryl methyl sites for hydroxylation is 3. The lowest BCUT2D eigenvalue weighted by Crippen LogP contribution is -2.30. The number of nitrogens with zero attached hydrogens (tertiary/aromatic N) is 1. The van der Waals surface area contributed by atoms with Gasteiger partial charge in [0.1, 0.15) is 18.1 Å². The van der Waals surface area contributed by atoms with Gasteiger partial charge in [0.15, 0.2) is 6.10 Å². The van der Waals surface area contributed by atoms with Crippen LogP contribution in [0.25, 0.3) is 22.3 Å². The molecule has 0 amide bonds. The predicted molar refractivity (Wildman–Crippen MR) is 167 cm³/mol. The van der Waals surface area contributed by atoms with Gasteiger partial charge in [-0.2, -0.15) is 0 Å². The second kappa shape index (κ2) is 13.2. The summed E-state index contributed by atoms with van der Waals surface area (Å²) in [4.78, 5) is 18.3. The Morgan fingerprint density at radius 2 is 1.36 bits per heavy atom. The van der Waals surface area contributed by atoms with Gasteiger partial charge in [-0.1, -0.05) is 54.1 Å². The molecule has 1 heterocycles. The maximum atomic E-state index is 13.4. The standard InChI is InChI=1S/C36H41NO5/c1-9-40-35(38)34(42-36(5,6)7)32-25(4)37-24(3)31(33(32)28-14-10-23(2)11-15-28)27-16-20-30(21-17-27)41-22-26-12-18-29(39-8)19-13-26/h10-21,34H,9,22H2,1-8H3/t34-/m0/s1. The Hall–Kier alpha value is -4.16. The Bertz CT molecular complexity index is 1500. The number of hydrogen-bond donors (Lipinski definition) is 0. The van der Waals surface area contributed by atoms with E-state index < -0.39 is 17.7 Å². The van der Waals surface area contributed by atoms with Crippen molar-refractivity contribution >= 4 is 5.97 Å².